The minimum Gasteiger partial charge on any atom is -0.478 e. The Morgan fingerprint density at radius 2 is 2.06 bits per heavy atom. The van der Waals surface area contributed by atoms with Crippen molar-refractivity contribution >= 4 is 17.3 Å². The largest absolute Gasteiger partial charge is 0.478 e. The van der Waals surface area contributed by atoms with Crippen LogP contribution in [0.2, 0.25) is 0 Å². The monoisotopic (exact) mass is 263 g/mol. The lowest BCUT2D eigenvalue weighted by Crippen LogP contribution is -1.95. The number of aromatic nitrogens is 1. The number of carboxylic acid groups (broad SMARTS) is 1. The predicted octanol–water partition coefficient (Wildman–Crippen LogP) is 2.96. The third-order valence-electron chi connectivity index (χ3n) is 2.48. The van der Waals surface area contributed by atoms with Crippen molar-refractivity contribution in [2.45, 2.75) is 13.5 Å². The number of hydrogen-bond acceptors (Lipinski definition) is 4. The molecule has 0 saturated heterocycles. The third-order valence-corrected chi connectivity index (χ3v) is 3.43. The molecule has 18 heavy (non-hydrogen) atoms. The lowest BCUT2D eigenvalue weighted by Gasteiger charge is -2.02. The molecule has 1 N–H and O–H groups in total. The Kier molecular flexibility index (Phi) is 3.74. The van der Waals surface area contributed by atoms with Crippen molar-refractivity contribution in [3.05, 3.63) is 39.7 Å². The van der Waals surface area contributed by atoms with Crippen LogP contribution >= 0.6 is 11.3 Å². The average Bonchev–Trinajstić information content (AvgIpc) is 2.71. The summed E-state index contributed by atoms with van der Waals surface area (Å²) in [6, 6.07) is 6.72. The number of methoxy groups -OCH3 is 1. The van der Waals surface area contributed by atoms with E-state index in [0.29, 0.717) is 6.61 Å². The summed E-state index contributed by atoms with van der Waals surface area (Å²) in [6.07, 6.45) is 0. The van der Waals surface area contributed by atoms with E-state index in [9.17, 15) is 4.79 Å². The van der Waals surface area contributed by atoms with E-state index in [-0.39, 0.29) is 5.56 Å². The fourth-order valence-corrected chi connectivity index (χ4v) is 2.62. The van der Waals surface area contributed by atoms with Crippen molar-refractivity contribution in [3.8, 4) is 11.3 Å². The van der Waals surface area contributed by atoms with Crippen molar-refractivity contribution in [1.29, 1.82) is 0 Å². The number of ether oxygens (including phenoxy) is 1. The Morgan fingerprint density at radius 3 is 2.61 bits per heavy atom. The summed E-state index contributed by atoms with van der Waals surface area (Å²) >= 11 is 1.59. The fraction of sp³-hybridized carbons (Fsp3) is 0.231. The second-order valence-corrected chi connectivity index (χ2v) is 5.11. The van der Waals surface area contributed by atoms with Crippen molar-refractivity contribution in [1.82, 2.24) is 4.98 Å². The minimum atomic E-state index is -0.923. The molecular weight excluding hydrogens is 250 g/mol. The molecule has 0 unspecified atom stereocenters. The molecule has 1 aromatic carbocycles. The highest BCUT2D eigenvalue weighted by atomic mass is 32.1. The van der Waals surface area contributed by atoms with E-state index >= 15 is 0 Å². The smallest absolute Gasteiger partial charge is 0.335 e. The summed E-state index contributed by atoms with van der Waals surface area (Å²) in [7, 11) is 1.65. The van der Waals surface area contributed by atoms with Crippen molar-refractivity contribution < 1.29 is 14.6 Å². The summed E-state index contributed by atoms with van der Waals surface area (Å²) < 4.78 is 5.14. The molecule has 0 spiro atoms. The van der Waals surface area contributed by atoms with Crippen molar-refractivity contribution in [2.75, 3.05) is 7.11 Å². The van der Waals surface area contributed by atoms with Gasteiger partial charge in [-0.05, 0) is 19.1 Å². The van der Waals surface area contributed by atoms with Gasteiger partial charge in [-0.1, -0.05) is 12.1 Å². The molecular formula is C13H13NO3S. The highest BCUT2D eigenvalue weighted by molar-refractivity contribution is 7.12. The summed E-state index contributed by atoms with van der Waals surface area (Å²) in [6.45, 7) is 2.46. The van der Waals surface area contributed by atoms with Gasteiger partial charge in [0.1, 0.15) is 0 Å². The summed E-state index contributed by atoms with van der Waals surface area (Å²) in [4.78, 5) is 16.3. The molecule has 1 aromatic heterocycles. The molecule has 5 heteroatoms. The Hall–Kier alpha value is -1.72. The number of carbonyl (C=O) groups is 1. The summed E-state index contributed by atoms with van der Waals surface area (Å²) in [5.74, 6) is -0.923. The zero-order chi connectivity index (χ0) is 13.1. The van der Waals surface area contributed by atoms with Gasteiger partial charge in [-0.25, -0.2) is 9.78 Å². The zero-order valence-corrected chi connectivity index (χ0v) is 11.0. The molecule has 0 atom stereocenters. The molecule has 0 fully saturated rings. The number of aromatic carboxylic acids is 1. The Balaban J connectivity index is 2.38. The van der Waals surface area contributed by atoms with Crippen LogP contribution in [-0.2, 0) is 11.3 Å². The van der Waals surface area contributed by atoms with Crippen molar-refractivity contribution in [2.24, 2.45) is 0 Å². The molecule has 0 amide bonds. The van der Waals surface area contributed by atoms with Gasteiger partial charge in [0.05, 0.1) is 27.7 Å². The fourth-order valence-electron chi connectivity index (χ4n) is 1.69. The van der Waals surface area contributed by atoms with Gasteiger partial charge >= 0.3 is 5.97 Å². The Morgan fingerprint density at radius 1 is 1.39 bits per heavy atom. The van der Waals surface area contributed by atoms with Gasteiger partial charge in [-0.2, -0.15) is 0 Å². The maximum atomic E-state index is 10.8. The van der Waals surface area contributed by atoms with Crippen LogP contribution in [0.15, 0.2) is 24.3 Å². The van der Waals surface area contributed by atoms with Crippen LogP contribution in [0.3, 0.4) is 0 Å². The molecule has 1 heterocycles. The van der Waals surface area contributed by atoms with Gasteiger partial charge in [-0.15, -0.1) is 11.3 Å². The number of nitrogens with zero attached hydrogens (tertiary/aromatic N) is 1. The predicted molar refractivity (Wildman–Crippen MR) is 70.0 cm³/mol. The average molecular weight is 263 g/mol. The normalized spacial score (nSPS) is 10.6. The first-order valence-electron chi connectivity index (χ1n) is 5.41. The topological polar surface area (TPSA) is 59.4 Å². The number of thiazole rings is 1. The van der Waals surface area contributed by atoms with Crippen LogP contribution in [-0.4, -0.2) is 23.2 Å². The molecule has 0 radical (unpaired) electrons. The minimum absolute atomic E-state index is 0.277. The van der Waals surface area contributed by atoms with Crippen LogP contribution in [0.25, 0.3) is 11.3 Å². The van der Waals surface area contributed by atoms with Gasteiger partial charge in [0.2, 0.25) is 0 Å². The zero-order valence-electron chi connectivity index (χ0n) is 10.1. The van der Waals surface area contributed by atoms with Crippen LogP contribution < -0.4 is 0 Å². The molecule has 0 aliphatic rings. The lowest BCUT2D eigenvalue weighted by molar-refractivity contribution is 0.0697. The van der Waals surface area contributed by atoms with Crippen molar-refractivity contribution in [3.63, 3.8) is 0 Å². The Bertz CT molecular complexity index is 560. The summed E-state index contributed by atoms with van der Waals surface area (Å²) in [5, 5.41) is 9.83. The van der Waals surface area contributed by atoms with E-state index in [1.807, 2.05) is 6.92 Å². The standard InChI is InChI=1S/C13H13NO3S/c1-8-14-12(11(18-8)7-17-2)9-3-5-10(6-4-9)13(15)16/h3-6H,7H2,1-2H3,(H,15,16). The van der Waals surface area contributed by atoms with E-state index in [2.05, 4.69) is 4.98 Å². The second kappa shape index (κ2) is 5.29. The number of rotatable bonds is 4. The SMILES string of the molecule is COCc1sc(C)nc1-c1ccc(C(=O)O)cc1. The molecule has 4 nitrogen and oxygen atoms in total. The van der Waals surface area contributed by atoms with Crippen LogP contribution in [0, 0.1) is 6.92 Å². The number of aryl methyl sites for hydroxylation is 1. The van der Waals surface area contributed by atoms with Gasteiger partial charge < -0.3 is 9.84 Å². The van der Waals surface area contributed by atoms with Gasteiger partial charge in [0, 0.05) is 12.7 Å². The van der Waals surface area contributed by atoms with Gasteiger partial charge in [-0.3, -0.25) is 0 Å². The van der Waals surface area contributed by atoms with E-state index in [0.717, 1.165) is 21.1 Å². The second-order valence-electron chi connectivity index (χ2n) is 3.82. The molecule has 0 bridgehead atoms. The maximum absolute atomic E-state index is 10.8. The third kappa shape index (κ3) is 2.57. The van der Waals surface area contributed by atoms with Crippen LogP contribution in [0.4, 0.5) is 0 Å². The molecule has 0 saturated carbocycles. The number of benzene rings is 1. The molecule has 0 aliphatic carbocycles. The van der Waals surface area contributed by atoms with Gasteiger partial charge in [0.15, 0.2) is 0 Å². The highest BCUT2D eigenvalue weighted by Gasteiger charge is 2.11. The lowest BCUT2D eigenvalue weighted by atomic mass is 10.1. The first kappa shape index (κ1) is 12.7. The quantitative estimate of drug-likeness (QED) is 0.921. The number of hydrogen-bond donors (Lipinski definition) is 1. The van der Waals surface area contributed by atoms with E-state index in [4.69, 9.17) is 9.84 Å². The van der Waals surface area contributed by atoms with E-state index in [1.165, 1.54) is 0 Å². The molecule has 2 aromatic rings. The van der Waals surface area contributed by atoms with Crippen LogP contribution in [0.1, 0.15) is 20.2 Å². The first-order chi connectivity index (χ1) is 8.61. The van der Waals surface area contributed by atoms with E-state index in [1.54, 1.807) is 42.7 Å². The van der Waals surface area contributed by atoms with Gasteiger partial charge in [0.25, 0.3) is 0 Å². The van der Waals surface area contributed by atoms with E-state index < -0.39 is 5.97 Å². The molecule has 2 rings (SSSR count). The molecule has 0 aliphatic heterocycles. The first-order valence-corrected chi connectivity index (χ1v) is 6.22. The van der Waals surface area contributed by atoms with Crippen LogP contribution in [0.5, 0.6) is 0 Å². The molecule has 94 valence electrons. The maximum Gasteiger partial charge on any atom is 0.335 e. The summed E-state index contributed by atoms with van der Waals surface area (Å²) in [5.41, 5.74) is 2.06. The Labute approximate surface area is 109 Å². The number of carboxylic acids is 1. The highest BCUT2D eigenvalue weighted by Crippen LogP contribution is 2.28.